The number of hydrogen-bond donors (Lipinski definition) is 2. The highest BCUT2D eigenvalue weighted by Gasteiger charge is 2.33. The normalized spacial score (nSPS) is 19.2. The maximum Gasteiger partial charge on any atom is 0.241 e. The number of sulfonamides is 1. The third kappa shape index (κ3) is 3.37. The lowest BCUT2D eigenvalue weighted by Gasteiger charge is -2.38. The SMILES string of the molecule is CNS(=O)(=O)c1ccc(NC2CC(C)(C)Oc3ccccc32)nc1. The molecule has 3 rings (SSSR count). The molecular formula is C17H21N3O3S. The average molecular weight is 347 g/mol. The third-order valence-electron chi connectivity index (χ3n) is 4.01. The molecule has 2 heterocycles. The molecule has 0 amide bonds. The molecule has 7 heteroatoms. The first-order chi connectivity index (χ1) is 11.3. The Morgan fingerprint density at radius 1 is 1.21 bits per heavy atom. The van der Waals surface area contributed by atoms with Crippen LogP contribution in [0.2, 0.25) is 0 Å². The molecule has 0 saturated heterocycles. The highest BCUT2D eigenvalue weighted by molar-refractivity contribution is 7.89. The number of hydrogen-bond acceptors (Lipinski definition) is 5. The van der Waals surface area contributed by atoms with E-state index in [1.54, 1.807) is 6.07 Å². The summed E-state index contributed by atoms with van der Waals surface area (Å²) in [5.41, 5.74) is 0.784. The van der Waals surface area contributed by atoms with Gasteiger partial charge in [0.25, 0.3) is 0 Å². The summed E-state index contributed by atoms with van der Waals surface area (Å²) in [5.74, 6) is 1.49. The van der Waals surface area contributed by atoms with E-state index >= 15 is 0 Å². The highest BCUT2D eigenvalue weighted by atomic mass is 32.2. The minimum Gasteiger partial charge on any atom is -0.487 e. The van der Waals surface area contributed by atoms with E-state index in [1.807, 2.05) is 38.1 Å². The van der Waals surface area contributed by atoms with Crippen molar-refractivity contribution in [1.82, 2.24) is 9.71 Å². The first-order valence-electron chi connectivity index (χ1n) is 7.75. The van der Waals surface area contributed by atoms with Crippen LogP contribution in [0.15, 0.2) is 47.5 Å². The lowest BCUT2D eigenvalue weighted by molar-refractivity contribution is 0.0758. The van der Waals surface area contributed by atoms with E-state index in [0.29, 0.717) is 5.82 Å². The van der Waals surface area contributed by atoms with Crippen molar-refractivity contribution >= 4 is 15.8 Å². The lowest BCUT2D eigenvalue weighted by atomic mass is 9.90. The van der Waals surface area contributed by atoms with Crippen molar-refractivity contribution in [3.8, 4) is 5.75 Å². The molecule has 0 fully saturated rings. The number of ether oxygens (including phenoxy) is 1. The van der Waals surface area contributed by atoms with Crippen LogP contribution in [-0.4, -0.2) is 26.1 Å². The Kier molecular flexibility index (Phi) is 4.23. The standard InChI is InChI=1S/C17H21N3O3S/c1-17(2)10-14(13-6-4-5-7-15(13)23-17)20-16-9-8-12(11-19-16)24(21,22)18-3/h4-9,11,14,18H,10H2,1-3H3,(H,19,20). The molecule has 1 unspecified atom stereocenters. The molecule has 1 aliphatic heterocycles. The van der Waals surface area contributed by atoms with Crippen LogP contribution in [-0.2, 0) is 10.0 Å². The van der Waals surface area contributed by atoms with E-state index in [1.165, 1.54) is 19.3 Å². The van der Waals surface area contributed by atoms with Crippen LogP contribution in [0.4, 0.5) is 5.82 Å². The Balaban J connectivity index is 1.86. The summed E-state index contributed by atoms with van der Waals surface area (Å²) in [7, 11) is -2.10. The fourth-order valence-corrected chi connectivity index (χ4v) is 3.53. The van der Waals surface area contributed by atoms with Crippen LogP contribution in [0.25, 0.3) is 0 Å². The predicted octanol–water partition coefficient (Wildman–Crippen LogP) is 2.70. The minimum atomic E-state index is -3.48. The van der Waals surface area contributed by atoms with E-state index in [4.69, 9.17) is 4.74 Å². The van der Waals surface area contributed by atoms with Crippen LogP contribution in [0.3, 0.4) is 0 Å². The summed E-state index contributed by atoms with van der Waals surface area (Å²) in [6, 6.07) is 11.2. The Labute approximate surface area is 142 Å². The fraction of sp³-hybridized carbons (Fsp3) is 0.353. The van der Waals surface area contributed by atoms with Gasteiger partial charge in [-0.1, -0.05) is 18.2 Å². The number of pyridine rings is 1. The van der Waals surface area contributed by atoms with Gasteiger partial charge in [0.05, 0.1) is 6.04 Å². The lowest BCUT2D eigenvalue weighted by Crippen LogP contribution is -2.37. The molecular weight excluding hydrogens is 326 g/mol. The molecule has 2 N–H and O–H groups in total. The van der Waals surface area contributed by atoms with Crippen LogP contribution in [0, 0.1) is 0 Å². The molecule has 1 aromatic heterocycles. The van der Waals surface area contributed by atoms with Crippen molar-refractivity contribution in [2.75, 3.05) is 12.4 Å². The average Bonchev–Trinajstić information content (AvgIpc) is 2.54. The molecule has 1 aliphatic rings. The second-order valence-corrected chi connectivity index (χ2v) is 8.27. The molecule has 0 radical (unpaired) electrons. The van der Waals surface area contributed by atoms with Gasteiger partial charge in [0.15, 0.2) is 0 Å². The van der Waals surface area contributed by atoms with Crippen molar-refractivity contribution in [3.63, 3.8) is 0 Å². The number of rotatable bonds is 4. The number of fused-ring (bicyclic) bond motifs is 1. The van der Waals surface area contributed by atoms with Gasteiger partial charge in [-0.2, -0.15) is 0 Å². The van der Waals surface area contributed by atoms with Gasteiger partial charge in [0, 0.05) is 18.2 Å². The largest absolute Gasteiger partial charge is 0.487 e. The van der Waals surface area contributed by atoms with Crippen LogP contribution >= 0.6 is 0 Å². The second kappa shape index (κ2) is 6.07. The van der Waals surface area contributed by atoms with Crippen molar-refractivity contribution in [2.45, 2.75) is 36.8 Å². The van der Waals surface area contributed by atoms with Crippen LogP contribution in [0.5, 0.6) is 5.75 Å². The molecule has 0 bridgehead atoms. The zero-order valence-corrected chi connectivity index (χ0v) is 14.7. The predicted molar refractivity (Wildman–Crippen MR) is 92.6 cm³/mol. The minimum absolute atomic E-state index is 0.0456. The van der Waals surface area contributed by atoms with Crippen molar-refractivity contribution in [1.29, 1.82) is 0 Å². The topological polar surface area (TPSA) is 80.3 Å². The van der Waals surface area contributed by atoms with Gasteiger partial charge in [0.2, 0.25) is 10.0 Å². The first-order valence-corrected chi connectivity index (χ1v) is 9.23. The van der Waals surface area contributed by atoms with Gasteiger partial charge in [-0.25, -0.2) is 18.1 Å². The summed E-state index contributed by atoms with van der Waals surface area (Å²) in [6.07, 6.45) is 2.13. The molecule has 0 saturated carbocycles. The maximum atomic E-state index is 11.8. The van der Waals surface area contributed by atoms with Crippen molar-refractivity contribution in [3.05, 3.63) is 48.2 Å². The number of nitrogens with one attached hydrogen (secondary N) is 2. The number of benzene rings is 1. The van der Waals surface area contributed by atoms with E-state index in [-0.39, 0.29) is 16.5 Å². The molecule has 24 heavy (non-hydrogen) atoms. The molecule has 2 aromatic rings. The Morgan fingerprint density at radius 3 is 2.62 bits per heavy atom. The van der Waals surface area contributed by atoms with Gasteiger partial charge in [-0.05, 0) is 39.1 Å². The maximum absolute atomic E-state index is 11.8. The van der Waals surface area contributed by atoms with E-state index in [0.717, 1.165) is 17.7 Å². The van der Waals surface area contributed by atoms with Gasteiger partial charge in [-0.15, -0.1) is 0 Å². The Morgan fingerprint density at radius 2 is 1.96 bits per heavy atom. The first kappa shape index (κ1) is 16.7. The number of nitrogens with zero attached hydrogens (tertiary/aromatic N) is 1. The number of para-hydroxylation sites is 1. The summed E-state index contributed by atoms with van der Waals surface area (Å²) < 4.78 is 31.8. The Hall–Kier alpha value is -2.12. The van der Waals surface area contributed by atoms with Gasteiger partial charge < -0.3 is 10.1 Å². The van der Waals surface area contributed by atoms with Gasteiger partial charge >= 0.3 is 0 Å². The molecule has 0 aliphatic carbocycles. The third-order valence-corrected chi connectivity index (χ3v) is 5.41. The molecule has 1 aromatic carbocycles. The summed E-state index contributed by atoms with van der Waals surface area (Å²) in [6.45, 7) is 4.10. The quantitative estimate of drug-likeness (QED) is 0.889. The number of anilines is 1. The summed E-state index contributed by atoms with van der Waals surface area (Å²) >= 11 is 0. The monoisotopic (exact) mass is 347 g/mol. The fourth-order valence-electron chi connectivity index (χ4n) is 2.85. The van der Waals surface area contributed by atoms with Crippen LogP contribution in [0.1, 0.15) is 31.9 Å². The second-order valence-electron chi connectivity index (χ2n) is 6.39. The van der Waals surface area contributed by atoms with Gasteiger partial charge in [-0.3, -0.25) is 0 Å². The smallest absolute Gasteiger partial charge is 0.241 e. The van der Waals surface area contributed by atoms with Crippen LogP contribution < -0.4 is 14.8 Å². The Bertz CT molecular complexity index is 832. The van der Waals surface area contributed by atoms with E-state index in [2.05, 4.69) is 15.0 Å². The zero-order chi connectivity index (χ0) is 17.4. The van der Waals surface area contributed by atoms with E-state index < -0.39 is 10.0 Å². The highest BCUT2D eigenvalue weighted by Crippen LogP contribution is 2.40. The molecule has 6 nitrogen and oxygen atoms in total. The summed E-state index contributed by atoms with van der Waals surface area (Å²) in [5, 5.41) is 3.38. The summed E-state index contributed by atoms with van der Waals surface area (Å²) in [4.78, 5) is 4.38. The number of aromatic nitrogens is 1. The molecule has 1 atom stereocenters. The zero-order valence-electron chi connectivity index (χ0n) is 13.9. The molecule has 128 valence electrons. The van der Waals surface area contributed by atoms with Crippen molar-refractivity contribution < 1.29 is 13.2 Å². The van der Waals surface area contributed by atoms with E-state index in [9.17, 15) is 8.42 Å². The van der Waals surface area contributed by atoms with Gasteiger partial charge in [0.1, 0.15) is 22.1 Å². The molecule has 0 spiro atoms. The van der Waals surface area contributed by atoms with Crippen molar-refractivity contribution in [2.24, 2.45) is 0 Å².